The number of fused-ring (bicyclic) bond motifs is 3. The number of furan rings is 1. The van der Waals surface area contributed by atoms with Crippen LogP contribution in [0.2, 0.25) is 0 Å². The zero-order valence-corrected chi connectivity index (χ0v) is 30.6. The van der Waals surface area contributed by atoms with Gasteiger partial charge in [-0.25, -0.2) is 14.8 Å². The van der Waals surface area contributed by atoms with E-state index in [1.54, 1.807) is 0 Å². The molecule has 8 aromatic rings. The van der Waals surface area contributed by atoms with Crippen LogP contribution in [0.15, 0.2) is 150 Å². The summed E-state index contributed by atoms with van der Waals surface area (Å²) in [5.74, 6) is 3.38. The minimum absolute atomic E-state index is 0.354. The van der Waals surface area contributed by atoms with Crippen molar-refractivity contribution in [3.05, 3.63) is 163 Å². The molecule has 2 heterocycles. The summed E-state index contributed by atoms with van der Waals surface area (Å²) in [6.07, 6.45) is 8.43. The van der Waals surface area contributed by atoms with E-state index in [4.69, 9.17) is 21.0 Å². The van der Waals surface area contributed by atoms with Crippen LogP contribution in [-0.2, 0) is 5.41 Å². The van der Waals surface area contributed by atoms with E-state index in [2.05, 4.69) is 83.7 Å². The van der Waals surface area contributed by atoms with Crippen molar-refractivity contribution in [3.8, 4) is 56.2 Å². The van der Waals surface area contributed by atoms with Crippen LogP contribution in [0.4, 0.5) is 5.69 Å². The lowest BCUT2D eigenvalue weighted by atomic mass is 9.48. The van der Waals surface area contributed by atoms with E-state index in [-0.39, 0.29) is 0 Å². The topological polar surface area (TPSA) is 43.3 Å². The summed E-state index contributed by atoms with van der Waals surface area (Å²) in [6.45, 7) is 7.66. The van der Waals surface area contributed by atoms with Crippen LogP contribution in [0, 0.1) is 24.3 Å². The molecule has 12 rings (SSSR count). The van der Waals surface area contributed by atoms with Gasteiger partial charge in [-0.15, -0.1) is 0 Å². The second-order valence-electron chi connectivity index (χ2n) is 16.3. The summed E-state index contributed by atoms with van der Waals surface area (Å²) in [4.78, 5) is 14.0. The molecule has 0 saturated heterocycles. The normalized spacial score (nSPS) is 21.3. The van der Waals surface area contributed by atoms with Crippen LogP contribution in [-0.4, -0.2) is 9.97 Å². The summed E-state index contributed by atoms with van der Waals surface area (Å²) in [5, 5.41) is 2.22. The number of para-hydroxylation sites is 2. The van der Waals surface area contributed by atoms with Crippen molar-refractivity contribution in [3.63, 3.8) is 0 Å². The van der Waals surface area contributed by atoms with Crippen molar-refractivity contribution >= 4 is 27.6 Å². The first kappa shape index (κ1) is 32.1. The predicted molar refractivity (Wildman–Crippen MR) is 223 cm³/mol. The van der Waals surface area contributed by atoms with Gasteiger partial charge in [0.05, 0.1) is 18.0 Å². The molecular weight excluding hydrogens is 671 g/mol. The molecule has 55 heavy (non-hydrogen) atoms. The average molecular weight is 710 g/mol. The third kappa shape index (κ3) is 5.57. The predicted octanol–water partition coefficient (Wildman–Crippen LogP) is 13.7. The van der Waals surface area contributed by atoms with Crippen LogP contribution in [0.3, 0.4) is 0 Å². The number of aromatic nitrogens is 2. The van der Waals surface area contributed by atoms with E-state index in [0.717, 1.165) is 84.5 Å². The Hall–Kier alpha value is -6.31. The summed E-state index contributed by atoms with van der Waals surface area (Å²) < 4.78 is 6.59. The summed E-state index contributed by atoms with van der Waals surface area (Å²) in [6, 6.07) is 51.0. The molecule has 4 aliphatic carbocycles. The van der Waals surface area contributed by atoms with Crippen molar-refractivity contribution in [1.29, 1.82) is 0 Å². The molecule has 4 nitrogen and oxygen atoms in total. The highest BCUT2D eigenvalue weighted by Gasteiger charge is 2.51. The molecule has 0 amide bonds. The Morgan fingerprint density at radius 1 is 0.527 bits per heavy atom. The van der Waals surface area contributed by atoms with E-state index < -0.39 is 0 Å². The third-order valence-corrected chi connectivity index (χ3v) is 12.8. The largest absolute Gasteiger partial charge is 0.455 e. The lowest BCUT2D eigenvalue weighted by molar-refractivity contribution is -0.00518. The quantitative estimate of drug-likeness (QED) is 0.161. The van der Waals surface area contributed by atoms with Crippen molar-refractivity contribution in [2.24, 2.45) is 17.8 Å². The monoisotopic (exact) mass is 709 g/mol. The summed E-state index contributed by atoms with van der Waals surface area (Å²) >= 11 is 0. The minimum atomic E-state index is 0.354. The van der Waals surface area contributed by atoms with Crippen LogP contribution in [0.1, 0.15) is 44.1 Å². The molecular formula is C51H39N3O. The highest BCUT2D eigenvalue weighted by molar-refractivity contribution is 6.09. The van der Waals surface area contributed by atoms with Crippen molar-refractivity contribution in [2.75, 3.05) is 0 Å². The summed E-state index contributed by atoms with van der Waals surface area (Å²) in [7, 11) is 0. The maximum atomic E-state index is 7.66. The van der Waals surface area contributed by atoms with Crippen LogP contribution >= 0.6 is 0 Å². The Morgan fingerprint density at radius 3 is 1.93 bits per heavy atom. The van der Waals surface area contributed by atoms with E-state index in [9.17, 15) is 0 Å². The molecule has 4 bridgehead atoms. The minimum Gasteiger partial charge on any atom is -0.455 e. The van der Waals surface area contributed by atoms with Gasteiger partial charge >= 0.3 is 0 Å². The smallest absolute Gasteiger partial charge is 0.187 e. The first-order valence-electron chi connectivity index (χ1n) is 19.7. The Balaban J connectivity index is 1.09. The Kier molecular flexibility index (Phi) is 7.39. The molecule has 4 aliphatic rings. The van der Waals surface area contributed by atoms with Crippen LogP contribution < -0.4 is 0 Å². The lowest BCUT2D eigenvalue weighted by Crippen LogP contribution is -2.48. The van der Waals surface area contributed by atoms with E-state index in [0.29, 0.717) is 16.9 Å². The molecule has 0 spiro atoms. The van der Waals surface area contributed by atoms with E-state index >= 15 is 0 Å². The summed E-state index contributed by atoms with van der Waals surface area (Å²) in [5.41, 5.74) is 13.1. The van der Waals surface area contributed by atoms with Crippen LogP contribution in [0.25, 0.3) is 82.9 Å². The zero-order chi connectivity index (χ0) is 36.5. The number of hydrogen-bond acceptors (Lipinski definition) is 3. The first-order chi connectivity index (χ1) is 27.1. The maximum absolute atomic E-state index is 7.66. The van der Waals surface area contributed by atoms with Crippen molar-refractivity contribution < 1.29 is 4.42 Å². The van der Waals surface area contributed by atoms with Gasteiger partial charge in [0.2, 0.25) is 0 Å². The molecule has 0 N–H and O–H groups in total. The molecule has 0 aliphatic heterocycles. The number of benzene rings is 6. The Morgan fingerprint density at radius 2 is 1.16 bits per heavy atom. The van der Waals surface area contributed by atoms with Gasteiger partial charge in [-0.2, -0.15) is 0 Å². The fourth-order valence-electron chi connectivity index (χ4n) is 10.7. The van der Waals surface area contributed by atoms with Crippen molar-refractivity contribution in [2.45, 2.75) is 43.9 Å². The molecule has 4 fully saturated rings. The highest BCUT2D eigenvalue weighted by Crippen LogP contribution is 2.60. The number of nitrogens with zero attached hydrogens (tertiary/aromatic N) is 3. The molecule has 0 unspecified atom stereocenters. The number of rotatable bonds is 6. The molecule has 4 saturated carbocycles. The maximum Gasteiger partial charge on any atom is 0.187 e. The molecule has 0 radical (unpaired) electrons. The Labute approximate surface area is 321 Å². The lowest BCUT2D eigenvalue weighted by Gasteiger charge is -2.57. The Bertz CT molecular complexity index is 2770. The fourth-order valence-corrected chi connectivity index (χ4v) is 10.7. The van der Waals surface area contributed by atoms with E-state index in [1.165, 1.54) is 49.7 Å². The van der Waals surface area contributed by atoms with Gasteiger partial charge in [0.1, 0.15) is 11.2 Å². The third-order valence-electron chi connectivity index (χ3n) is 12.8. The van der Waals surface area contributed by atoms with Crippen LogP contribution in [0.5, 0.6) is 0 Å². The SMILES string of the molecule is [C-]#[N+]c1cccc(-c2cc(-c3cc(-c4ccc(C56CC7CC(CC(C7)C5)C6)cc4)cc(-c4cccc5c4oc4ccccc45)c3)nc(-c3ccccc3)n2)c1. The number of hydrogen-bond donors (Lipinski definition) is 0. The molecule has 264 valence electrons. The first-order valence-corrected chi connectivity index (χ1v) is 19.7. The van der Waals surface area contributed by atoms with Gasteiger partial charge in [0.15, 0.2) is 11.5 Å². The molecule has 0 atom stereocenters. The second-order valence-corrected chi connectivity index (χ2v) is 16.3. The van der Waals surface area contributed by atoms with Crippen molar-refractivity contribution in [1.82, 2.24) is 9.97 Å². The van der Waals surface area contributed by atoms with Gasteiger partial charge < -0.3 is 4.42 Å². The highest BCUT2D eigenvalue weighted by atomic mass is 16.3. The molecule has 4 heteroatoms. The van der Waals surface area contributed by atoms with Gasteiger partial charge in [-0.05, 0) is 126 Å². The second kappa shape index (κ2) is 12.6. The van der Waals surface area contributed by atoms with Gasteiger partial charge in [-0.3, -0.25) is 0 Å². The van der Waals surface area contributed by atoms with Gasteiger partial charge in [0.25, 0.3) is 0 Å². The van der Waals surface area contributed by atoms with E-state index in [1.807, 2.05) is 66.7 Å². The zero-order valence-electron chi connectivity index (χ0n) is 30.6. The van der Waals surface area contributed by atoms with Gasteiger partial charge in [-0.1, -0.05) is 109 Å². The molecule has 6 aromatic carbocycles. The fraction of sp³-hybridized carbons (Fsp3) is 0.196. The standard InChI is InChI=1S/C51H39N3O/c1-52-42-12-7-11-37(27-42)46-28-47(54-50(53-46)36-9-3-2-4-10-36)40-25-38(24-39(26-40)43-14-8-15-45-44-13-5-6-16-48(44)55-49(43)45)35-17-19-41(20-18-35)51-29-32-21-33(30-51)23-34(22-32)31-51/h2-20,24-28,32-34H,21-23,29-31H2. The molecule has 2 aromatic heterocycles. The average Bonchev–Trinajstić information content (AvgIpc) is 3.62. The van der Waals surface area contributed by atoms with Gasteiger partial charge in [0, 0.05) is 27.5 Å².